The van der Waals surface area contributed by atoms with Gasteiger partial charge in [0.1, 0.15) is 5.01 Å². The topological polar surface area (TPSA) is 66.9 Å². The van der Waals surface area contributed by atoms with Crippen molar-refractivity contribution in [2.75, 3.05) is 10.6 Å². The van der Waals surface area contributed by atoms with Gasteiger partial charge in [-0.15, -0.1) is 10.2 Å². The first-order valence-electron chi connectivity index (χ1n) is 7.63. The SMILES string of the molecule is O=C(Nc1nnc(CC2=CCCCC2)s1)Nc1ccc(Cl)cc1Cl. The Bertz CT molecular complexity index is 775. The third kappa shape index (κ3) is 4.69. The van der Waals surface area contributed by atoms with Crippen LogP contribution in [0, 0.1) is 0 Å². The first kappa shape index (κ1) is 17.2. The van der Waals surface area contributed by atoms with Gasteiger partial charge in [0, 0.05) is 11.4 Å². The average molecular weight is 383 g/mol. The van der Waals surface area contributed by atoms with Crippen LogP contribution in [0.15, 0.2) is 29.8 Å². The number of rotatable bonds is 4. The summed E-state index contributed by atoms with van der Waals surface area (Å²) in [5.41, 5.74) is 1.89. The lowest BCUT2D eigenvalue weighted by Gasteiger charge is -2.10. The first-order valence-corrected chi connectivity index (χ1v) is 9.21. The molecule has 0 spiro atoms. The van der Waals surface area contributed by atoms with Crippen molar-refractivity contribution in [3.63, 3.8) is 0 Å². The number of nitrogens with zero attached hydrogens (tertiary/aromatic N) is 2. The average Bonchev–Trinajstić information content (AvgIpc) is 2.98. The third-order valence-corrected chi connectivity index (χ3v) is 5.02. The Morgan fingerprint density at radius 1 is 1.21 bits per heavy atom. The molecule has 0 saturated carbocycles. The summed E-state index contributed by atoms with van der Waals surface area (Å²) in [7, 11) is 0. The van der Waals surface area contributed by atoms with Crippen molar-refractivity contribution in [3.05, 3.63) is 44.9 Å². The fourth-order valence-corrected chi connectivity index (χ4v) is 3.72. The van der Waals surface area contributed by atoms with Crippen LogP contribution in [0.25, 0.3) is 0 Å². The lowest BCUT2D eigenvalue weighted by atomic mass is 9.98. The molecule has 8 heteroatoms. The second kappa shape index (κ2) is 7.96. The zero-order chi connectivity index (χ0) is 16.9. The molecule has 2 aromatic rings. The highest BCUT2D eigenvalue weighted by Gasteiger charge is 2.12. The molecule has 0 bridgehead atoms. The number of allylic oxidation sites excluding steroid dienone is 2. The number of hydrogen-bond acceptors (Lipinski definition) is 4. The van der Waals surface area contributed by atoms with Crippen LogP contribution in [0.1, 0.15) is 30.7 Å². The molecule has 24 heavy (non-hydrogen) atoms. The van der Waals surface area contributed by atoms with Gasteiger partial charge in [-0.25, -0.2) is 4.79 Å². The Balaban J connectivity index is 1.57. The number of carbonyl (C=O) groups is 1. The number of carbonyl (C=O) groups excluding carboxylic acids is 1. The van der Waals surface area contributed by atoms with Crippen LogP contribution >= 0.6 is 34.5 Å². The van der Waals surface area contributed by atoms with Crippen LogP contribution in [-0.2, 0) is 6.42 Å². The largest absolute Gasteiger partial charge is 0.325 e. The van der Waals surface area contributed by atoms with Gasteiger partial charge in [-0.2, -0.15) is 0 Å². The normalized spacial score (nSPS) is 14.2. The van der Waals surface area contributed by atoms with Gasteiger partial charge >= 0.3 is 6.03 Å². The molecule has 0 radical (unpaired) electrons. The van der Waals surface area contributed by atoms with Crippen molar-refractivity contribution in [2.24, 2.45) is 0 Å². The molecule has 126 valence electrons. The molecule has 0 unspecified atom stereocenters. The molecule has 1 aromatic heterocycles. The van der Waals surface area contributed by atoms with Gasteiger partial charge in [0.15, 0.2) is 0 Å². The van der Waals surface area contributed by atoms with Crippen molar-refractivity contribution < 1.29 is 4.79 Å². The summed E-state index contributed by atoms with van der Waals surface area (Å²) in [6.45, 7) is 0. The lowest BCUT2D eigenvalue weighted by Crippen LogP contribution is -2.19. The van der Waals surface area contributed by atoms with E-state index in [-0.39, 0.29) is 0 Å². The molecule has 1 aromatic carbocycles. The standard InChI is InChI=1S/C16H16Cl2N4OS/c17-11-6-7-13(12(18)9-11)19-15(23)20-16-22-21-14(24-16)8-10-4-2-1-3-5-10/h4,6-7,9H,1-3,5,8H2,(H2,19,20,22,23). The summed E-state index contributed by atoms with van der Waals surface area (Å²) in [5.74, 6) is 0. The quantitative estimate of drug-likeness (QED) is 0.682. The van der Waals surface area contributed by atoms with E-state index in [1.807, 2.05) is 0 Å². The molecular formula is C16H16Cl2N4OS. The molecule has 1 aliphatic carbocycles. The van der Waals surface area contributed by atoms with E-state index < -0.39 is 6.03 Å². The van der Waals surface area contributed by atoms with Crippen LogP contribution < -0.4 is 10.6 Å². The van der Waals surface area contributed by atoms with Gasteiger partial charge < -0.3 is 5.32 Å². The number of halogens is 2. The molecular weight excluding hydrogens is 367 g/mol. The molecule has 0 aliphatic heterocycles. The highest BCUT2D eigenvalue weighted by molar-refractivity contribution is 7.15. The van der Waals surface area contributed by atoms with Crippen LogP contribution in [0.3, 0.4) is 0 Å². The maximum absolute atomic E-state index is 12.0. The highest BCUT2D eigenvalue weighted by atomic mass is 35.5. The summed E-state index contributed by atoms with van der Waals surface area (Å²) in [6, 6.07) is 4.45. The summed E-state index contributed by atoms with van der Waals surface area (Å²) in [4.78, 5) is 12.0. The maximum atomic E-state index is 12.0. The Morgan fingerprint density at radius 2 is 2.08 bits per heavy atom. The van der Waals surface area contributed by atoms with Crippen molar-refractivity contribution in [1.29, 1.82) is 0 Å². The van der Waals surface area contributed by atoms with Crippen molar-refractivity contribution in [3.8, 4) is 0 Å². The number of hydrogen-bond donors (Lipinski definition) is 2. The molecule has 0 saturated heterocycles. The smallest absolute Gasteiger partial charge is 0.306 e. The number of urea groups is 1. The van der Waals surface area contributed by atoms with E-state index in [2.05, 4.69) is 26.9 Å². The third-order valence-electron chi connectivity index (χ3n) is 3.63. The molecule has 3 rings (SSSR count). The van der Waals surface area contributed by atoms with Gasteiger partial charge in [0.05, 0.1) is 10.7 Å². The minimum absolute atomic E-state index is 0.375. The molecule has 2 amide bonds. The van der Waals surface area contributed by atoms with Gasteiger partial charge in [0.2, 0.25) is 5.13 Å². The monoisotopic (exact) mass is 382 g/mol. The first-order chi connectivity index (χ1) is 11.6. The Kier molecular flexibility index (Phi) is 5.71. The van der Waals surface area contributed by atoms with Gasteiger partial charge in [0.25, 0.3) is 0 Å². The van der Waals surface area contributed by atoms with E-state index in [1.165, 1.54) is 29.8 Å². The molecule has 1 aliphatic rings. The van der Waals surface area contributed by atoms with E-state index in [0.29, 0.717) is 20.9 Å². The van der Waals surface area contributed by atoms with E-state index in [9.17, 15) is 4.79 Å². The van der Waals surface area contributed by atoms with Crippen molar-refractivity contribution in [2.45, 2.75) is 32.1 Å². The van der Waals surface area contributed by atoms with E-state index in [0.717, 1.165) is 24.3 Å². The number of anilines is 2. The fourth-order valence-electron chi connectivity index (χ4n) is 2.48. The number of benzene rings is 1. The van der Waals surface area contributed by atoms with Crippen LogP contribution in [0.2, 0.25) is 10.0 Å². The van der Waals surface area contributed by atoms with Gasteiger partial charge in [-0.3, -0.25) is 5.32 Å². The zero-order valence-corrected chi connectivity index (χ0v) is 15.1. The van der Waals surface area contributed by atoms with Gasteiger partial charge in [-0.05, 0) is 43.9 Å². The molecule has 5 nitrogen and oxygen atoms in total. The zero-order valence-electron chi connectivity index (χ0n) is 12.8. The summed E-state index contributed by atoms with van der Waals surface area (Å²) < 4.78 is 0. The highest BCUT2D eigenvalue weighted by Crippen LogP contribution is 2.26. The minimum Gasteiger partial charge on any atom is -0.306 e. The van der Waals surface area contributed by atoms with E-state index in [4.69, 9.17) is 23.2 Å². The fraction of sp³-hybridized carbons (Fsp3) is 0.312. The predicted octanol–water partition coefficient (Wildman–Crippen LogP) is 5.53. The van der Waals surface area contributed by atoms with Crippen LogP contribution in [-0.4, -0.2) is 16.2 Å². The van der Waals surface area contributed by atoms with E-state index in [1.54, 1.807) is 18.2 Å². The number of aromatic nitrogens is 2. The Labute approximate surface area is 154 Å². The molecule has 2 N–H and O–H groups in total. The Hall–Kier alpha value is -1.63. The van der Waals surface area contributed by atoms with Gasteiger partial charge in [-0.1, -0.05) is 46.2 Å². The summed E-state index contributed by atoms with van der Waals surface area (Å²) in [6.07, 6.45) is 7.86. The van der Waals surface area contributed by atoms with Crippen molar-refractivity contribution in [1.82, 2.24) is 10.2 Å². The molecule has 0 atom stereocenters. The summed E-state index contributed by atoms with van der Waals surface area (Å²) in [5, 5.41) is 15.7. The van der Waals surface area contributed by atoms with Crippen LogP contribution in [0.5, 0.6) is 0 Å². The lowest BCUT2D eigenvalue weighted by molar-refractivity contribution is 0.262. The van der Waals surface area contributed by atoms with E-state index >= 15 is 0 Å². The maximum Gasteiger partial charge on any atom is 0.325 e. The molecule has 0 fully saturated rings. The Morgan fingerprint density at radius 3 is 2.83 bits per heavy atom. The second-order valence-corrected chi connectivity index (χ2v) is 7.39. The summed E-state index contributed by atoms with van der Waals surface area (Å²) >= 11 is 13.2. The predicted molar refractivity (Wildman–Crippen MR) is 99.3 cm³/mol. The number of amides is 2. The minimum atomic E-state index is -0.418. The molecule has 1 heterocycles. The second-order valence-electron chi connectivity index (χ2n) is 5.49. The van der Waals surface area contributed by atoms with Crippen molar-refractivity contribution >= 4 is 51.4 Å². The van der Waals surface area contributed by atoms with Crippen LogP contribution in [0.4, 0.5) is 15.6 Å². The number of nitrogens with one attached hydrogen (secondary N) is 2.